The average Bonchev–Trinajstić information content (AvgIpc) is 2.91. The van der Waals surface area contributed by atoms with Crippen LogP contribution in [0.5, 0.6) is 0 Å². The third kappa shape index (κ3) is 4.80. The zero-order valence-corrected chi connectivity index (χ0v) is 20.5. The maximum atomic E-state index is 14.0. The number of carbonyl (C=O) groups excluding carboxylic acids is 3. The fourth-order valence-corrected chi connectivity index (χ4v) is 6.66. The van der Waals surface area contributed by atoms with E-state index >= 15 is 0 Å². The molecule has 3 aliphatic rings. The number of carbonyl (C=O) groups is 3. The Hall–Kier alpha value is -3.44. The number of amides is 1. The van der Waals surface area contributed by atoms with Crippen molar-refractivity contribution in [2.45, 2.75) is 70.4 Å². The molecule has 186 valence electrons. The van der Waals surface area contributed by atoms with Gasteiger partial charge in [-0.1, -0.05) is 73.6 Å². The average molecular weight is 485 g/mol. The van der Waals surface area contributed by atoms with Crippen LogP contribution >= 0.6 is 0 Å². The van der Waals surface area contributed by atoms with Gasteiger partial charge in [-0.25, -0.2) is 0 Å². The standard InChI is InChI=1S/C29H32N4O3/c30-32-31-18-20-11-13-25-24(15-20)29(36)28-23(21-9-5-2-6-10-21)16-22(34)17-26(28)33(25)27(35)14-12-19-7-3-1-4-8-19/h1,3-4,7-8,11,13,15,21,23,26,28H,2,5-6,9-10,12,14,16-18H2/t23-,26-,28+/m1/s1. The quantitative estimate of drug-likeness (QED) is 0.277. The molecule has 2 fully saturated rings. The van der Waals surface area contributed by atoms with Crippen molar-refractivity contribution in [1.82, 2.24) is 0 Å². The van der Waals surface area contributed by atoms with Crippen LogP contribution in [0, 0.1) is 17.8 Å². The highest BCUT2D eigenvalue weighted by Crippen LogP contribution is 2.48. The summed E-state index contributed by atoms with van der Waals surface area (Å²) >= 11 is 0. The van der Waals surface area contributed by atoms with Crippen LogP contribution < -0.4 is 4.90 Å². The first-order chi connectivity index (χ1) is 17.6. The monoisotopic (exact) mass is 484 g/mol. The van der Waals surface area contributed by atoms with Crippen molar-refractivity contribution < 1.29 is 14.4 Å². The van der Waals surface area contributed by atoms with Crippen LogP contribution in [0.4, 0.5) is 5.69 Å². The molecule has 7 nitrogen and oxygen atoms in total. The van der Waals surface area contributed by atoms with E-state index < -0.39 is 6.04 Å². The van der Waals surface area contributed by atoms with Gasteiger partial charge in [0.1, 0.15) is 5.78 Å². The lowest BCUT2D eigenvalue weighted by atomic mass is 9.62. The van der Waals surface area contributed by atoms with Crippen molar-refractivity contribution in [3.05, 3.63) is 75.7 Å². The second kappa shape index (κ2) is 10.7. The highest BCUT2D eigenvalue weighted by molar-refractivity contribution is 6.12. The van der Waals surface area contributed by atoms with Gasteiger partial charge < -0.3 is 4.90 Å². The molecule has 1 aliphatic heterocycles. The van der Waals surface area contributed by atoms with Gasteiger partial charge in [0.2, 0.25) is 5.91 Å². The summed E-state index contributed by atoms with van der Waals surface area (Å²) in [5.74, 6) is 0.0871. The number of rotatable bonds is 6. The zero-order valence-electron chi connectivity index (χ0n) is 20.5. The number of hydrogen-bond donors (Lipinski definition) is 0. The minimum atomic E-state index is -0.426. The molecule has 2 aromatic carbocycles. The zero-order chi connectivity index (χ0) is 25.1. The number of nitrogens with zero attached hydrogens (tertiary/aromatic N) is 4. The normalized spacial score (nSPS) is 24.0. The van der Waals surface area contributed by atoms with Crippen LogP contribution in [-0.2, 0) is 22.6 Å². The van der Waals surface area contributed by atoms with E-state index in [9.17, 15) is 14.4 Å². The number of fused-ring (bicyclic) bond motifs is 2. The predicted octanol–water partition coefficient (Wildman–Crippen LogP) is 6.20. The largest absolute Gasteiger partial charge is 0.307 e. The molecule has 0 spiro atoms. The summed E-state index contributed by atoms with van der Waals surface area (Å²) in [6.45, 7) is 0.150. The molecule has 0 aromatic heterocycles. The van der Waals surface area contributed by atoms with Gasteiger partial charge in [-0.2, -0.15) is 0 Å². The van der Waals surface area contributed by atoms with E-state index in [1.54, 1.807) is 17.0 Å². The third-order valence-electron chi connectivity index (χ3n) is 8.31. The summed E-state index contributed by atoms with van der Waals surface area (Å²) in [6.07, 6.45) is 7.12. The fraction of sp³-hybridized carbons (Fsp3) is 0.483. The maximum absolute atomic E-state index is 14.0. The molecule has 5 rings (SSSR count). The molecule has 7 heteroatoms. The molecule has 2 aromatic rings. The molecule has 0 radical (unpaired) electrons. The highest BCUT2D eigenvalue weighted by Gasteiger charge is 2.51. The molecule has 1 heterocycles. The van der Waals surface area contributed by atoms with Crippen molar-refractivity contribution in [1.29, 1.82) is 0 Å². The van der Waals surface area contributed by atoms with Gasteiger partial charge in [0.15, 0.2) is 5.78 Å². The Morgan fingerprint density at radius 2 is 1.78 bits per heavy atom. The molecule has 2 saturated carbocycles. The lowest BCUT2D eigenvalue weighted by Gasteiger charge is -2.49. The molecule has 0 N–H and O–H groups in total. The molecule has 0 saturated heterocycles. The van der Waals surface area contributed by atoms with Gasteiger partial charge in [-0.3, -0.25) is 14.4 Å². The first kappa shape index (κ1) is 24.3. The Balaban J connectivity index is 1.53. The van der Waals surface area contributed by atoms with E-state index in [-0.39, 0.29) is 42.3 Å². The van der Waals surface area contributed by atoms with E-state index in [1.165, 1.54) is 6.42 Å². The van der Waals surface area contributed by atoms with E-state index in [2.05, 4.69) is 10.0 Å². The third-order valence-corrected chi connectivity index (χ3v) is 8.31. The van der Waals surface area contributed by atoms with Gasteiger partial charge in [0, 0.05) is 35.7 Å². The fourth-order valence-electron chi connectivity index (χ4n) is 6.66. The number of azide groups is 1. The van der Waals surface area contributed by atoms with Crippen LogP contribution in [0.15, 0.2) is 53.6 Å². The van der Waals surface area contributed by atoms with Crippen molar-refractivity contribution in [3.8, 4) is 0 Å². The van der Waals surface area contributed by atoms with Crippen molar-refractivity contribution >= 4 is 23.2 Å². The second-order valence-electron chi connectivity index (χ2n) is 10.5. The number of aryl methyl sites for hydroxylation is 1. The van der Waals surface area contributed by atoms with Crippen LogP contribution in [0.1, 0.15) is 72.9 Å². The summed E-state index contributed by atoms with van der Waals surface area (Å²) in [5.41, 5.74) is 11.7. The van der Waals surface area contributed by atoms with Crippen molar-refractivity contribution in [2.75, 3.05) is 4.90 Å². The first-order valence-electron chi connectivity index (χ1n) is 13.1. The summed E-state index contributed by atoms with van der Waals surface area (Å²) < 4.78 is 0. The summed E-state index contributed by atoms with van der Waals surface area (Å²) in [4.78, 5) is 45.4. The Bertz CT molecular complexity index is 1200. The van der Waals surface area contributed by atoms with Crippen molar-refractivity contribution in [2.24, 2.45) is 22.9 Å². The van der Waals surface area contributed by atoms with Gasteiger partial charge in [0.25, 0.3) is 0 Å². The Morgan fingerprint density at radius 3 is 2.53 bits per heavy atom. The molecule has 0 unspecified atom stereocenters. The number of hydrogen-bond acceptors (Lipinski definition) is 4. The predicted molar refractivity (Wildman–Crippen MR) is 137 cm³/mol. The van der Waals surface area contributed by atoms with Gasteiger partial charge in [0.05, 0.1) is 18.3 Å². The Morgan fingerprint density at radius 1 is 1.00 bits per heavy atom. The van der Waals surface area contributed by atoms with E-state index in [0.29, 0.717) is 36.4 Å². The smallest absolute Gasteiger partial charge is 0.227 e. The van der Waals surface area contributed by atoms with E-state index in [4.69, 9.17) is 5.53 Å². The van der Waals surface area contributed by atoms with E-state index in [0.717, 1.165) is 36.8 Å². The van der Waals surface area contributed by atoms with Crippen LogP contribution in [0.25, 0.3) is 10.4 Å². The highest BCUT2D eigenvalue weighted by atomic mass is 16.2. The molecule has 0 bridgehead atoms. The molecule has 3 atom stereocenters. The number of anilines is 1. The summed E-state index contributed by atoms with van der Waals surface area (Å²) in [5, 5.41) is 3.66. The lowest BCUT2D eigenvalue weighted by molar-refractivity contribution is -0.125. The van der Waals surface area contributed by atoms with Crippen LogP contribution in [-0.4, -0.2) is 23.5 Å². The number of benzene rings is 2. The molecular formula is C29H32N4O3. The summed E-state index contributed by atoms with van der Waals surface area (Å²) in [6, 6.07) is 14.9. The van der Waals surface area contributed by atoms with Gasteiger partial charge in [-0.15, -0.1) is 0 Å². The van der Waals surface area contributed by atoms with Crippen LogP contribution in [0.2, 0.25) is 0 Å². The molecule has 36 heavy (non-hydrogen) atoms. The molecule has 1 amide bonds. The number of ketones is 2. The van der Waals surface area contributed by atoms with E-state index in [1.807, 2.05) is 36.4 Å². The second-order valence-corrected chi connectivity index (χ2v) is 10.5. The number of Topliss-reactive ketones (excluding diaryl/α,β-unsaturated/α-hetero) is 2. The minimum absolute atomic E-state index is 0.0255. The Kier molecular flexibility index (Phi) is 7.19. The minimum Gasteiger partial charge on any atom is -0.307 e. The topological polar surface area (TPSA) is 103 Å². The Labute approximate surface area is 211 Å². The molecule has 2 aliphatic carbocycles. The maximum Gasteiger partial charge on any atom is 0.227 e. The summed E-state index contributed by atoms with van der Waals surface area (Å²) in [7, 11) is 0. The lowest BCUT2D eigenvalue weighted by Crippen LogP contribution is -2.58. The first-order valence-corrected chi connectivity index (χ1v) is 13.1. The molecular weight excluding hydrogens is 452 g/mol. The van der Waals surface area contributed by atoms with Crippen molar-refractivity contribution in [3.63, 3.8) is 0 Å². The van der Waals surface area contributed by atoms with Gasteiger partial charge in [-0.05, 0) is 47.0 Å². The van der Waals surface area contributed by atoms with Crippen LogP contribution in [0.3, 0.4) is 0 Å². The van der Waals surface area contributed by atoms with Gasteiger partial charge >= 0.3 is 0 Å². The SMILES string of the molecule is [N-]=[N+]=NCc1ccc2c(c1)C(=O)[C@H]1[C@@H](C3CCCCC3)CC(=O)C[C@H]1N2C(=O)CCc1ccccc1.